The molecule has 1 heterocycles. The maximum atomic E-state index is 12.3. The highest BCUT2D eigenvalue weighted by Crippen LogP contribution is 2.49. The molecule has 0 aromatic heterocycles. The van der Waals surface area contributed by atoms with Crippen LogP contribution in [0.5, 0.6) is 0 Å². The van der Waals surface area contributed by atoms with E-state index >= 15 is 0 Å². The zero-order valence-corrected chi connectivity index (χ0v) is 7.58. The fraction of sp³-hybridized carbons (Fsp3) is 1.00. The Morgan fingerprint density at radius 3 is 1.80 bits per heavy atom. The lowest BCUT2D eigenvalue weighted by Gasteiger charge is -2.41. The predicted octanol–water partition coefficient (Wildman–Crippen LogP) is 2.63. The molecule has 8 heteroatoms. The molecule has 1 rings (SSSR count). The third kappa shape index (κ3) is 2.05. The monoisotopic (exact) mass is 238 g/mol. The second-order valence-electron chi connectivity index (χ2n) is 3.18. The first-order valence-corrected chi connectivity index (χ1v) is 4.05. The van der Waals surface area contributed by atoms with Crippen molar-refractivity contribution in [1.82, 2.24) is 0 Å². The van der Waals surface area contributed by atoms with Crippen molar-refractivity contribution in [1.29, 1.82) is 0 Å². The summed E-state index contributed by atoms with van der Waals surface area (Å²) in [6, 6.07) is 0. The second-order valence-corrected chi connectivity index (χ2v) is 3.18. The molecule has 15 heavy (non-hydrogen) atoms. The molecule has 1 unspecified atom stereocenters. The summed E-state index contributed by atoms with van der Waals surface area (Å²) in [5, 5.41) is 0. The molecule has 0 aromatic carbocycles. The third-order valence-electron chi connectivity index (χ3n) is 1.94. The van der Waals surface area contributed by atoms with Gasteiger partial charge >= 0.3 is 18.1 Å². The number of halogens is 6. The number of hydrogen-bond donors (Lipinski definition) is 0. The van der Waals surface area contributed by atoms with Crippen LogP contribution in [0.25, 0.3) is 0 Å². The molecule has 90 valence electrons. The van der Waals surface area contributed by atoms with Crippen molar-refractivity contribution < 1.29 is 35.8 Å². The van der Waals surface area contributed by atoms with E-state index in [9.17, 15) is 26.3 Å². The van der Waals surface area contributed by atoms with Gasteiger partial charge in [-0.25, -0.2) is 0 Å². The van der Waals surface area contributed by atoms with Gasteiger partial charge in [-0.3, -0.25) is 0 Å². The van der Waals surface area contributed by atoms with Gasteiger partial charge in [-0.15, -0.1) is 0 Å². The molecule has 0 N–H and O–H groups in total. The minimum Gasteiger partial charge on any atom is -0.335 e. The Kier molecular flexibility index (Phi) is 2.94. The normalized spacial score (nSPS) is 27.8. The van der Waals surface area contributed by atoms with E-state index in [1.807, 2.05) is 0 Å². The van der Waals surface area contributed by atoms with Crippen molar-refractivity contribution in [2.45, 2.75) is 37.6 Å². The van der Waals surface area contributed by atoms with Gasteiger partial charge in [0.25, 0.3) is 0 Å². The van der Waals surface area contributed by atoms with Crippen molar-refractivity contribution in [3.05, 3.63) is 0 Å². The average Bonchev–Trinajstić information content (AvgIpc) is 1.99. The van der Waals surface area contributed by atoms with Crippen LogP contribution < -0.4 is 0 Å². The Hall–Kier alpha value is -0.500. The molecule has 0 aromatic rings. The predicted molar refractivity (Wildman–Crippen MR) is 36.0 cm³/mol. The molecule has 1 atom stereocenters. The van der Waals surface area contributed by atoms with Gasteiger partial charge in [-0.1, -0.05) is 0 Å². The molecule has 2 nitrogen and oxygen atoms in total. The lowest BCUT2D eigenvalue weighted by molar-refractivity contribution is -0.488. The van der Waals surface area contributed by atoms with Crippen molar-refractivity contribution >= 4 is 0 Å². The minimum absolute atomic E-state index is 0.00604. The van der Waals surface area contributed by atoms with Gasteiger partial charge in [-0.2, -0.15) is 26.3 Å². The Labute approximate surface area is 81.1 Å². The van der Waals surface area contributed by atoms with E-state index in [-0.39, 0.29) is 6.42 Å². The number of ether oxygens (including phenoxy) is 2. The third-order valence-corrected chi connectivity index (χ3v) is 1.94. The highest BCUT2D eigenvalue weighted by Gasteiger charge is 2.75. The molecular formula is C7H8F6O2. The van der Waals surface area contributed by atoms with Crippen LogP contribution in [0.15, 0.2) is 0 Å². The van der Waals surface area contributed by atoms with Crippen LogP contribution in [0.2, 0.25) is 0 Å². The smallest absolute Gasteiger partial charge is 0.335 e. The Morgan fingerprint density at radius 2 is 1.53 bits per heavy atom. The molecule has 0 radical (unpaired) electrons. The highest BCUT2D eigenvalue weighted by atomic mass is 19.4. The summed E-state index contributed by atoms with van der Waals surface area (Å²) in [7, 11) is 0. The lowest BCUT2D eigenvalue weighted by Crippen LogP contribution is -2.63. The SMILES string of the molecule is CC1CCOC(C(F)(F)F)(C(F)(F)F)O1. The fourth-order valence-corrected chi connectivity index (χ4v) is 1.20. The number of rotatable bonds is 0. The fourth-order valence-electron chi connectivity index (χ4n) is 1.20. The van der Waals surface area contributed by atoms with Crippen molar-refractivity contribution in [3.63, 3.8) is 0 Å². The van der Waals surface area contributed by atoms with E-state index in [1.54, 1.807) is 0 Å². The molecule has 1 fully saturated rings. The van der Waals surface area contributed by atoms with Crippen molar-refractivity contribution in [2.24, 2.45) is 0 Å². The Morgan fingerprint density at radius 1 is 1.07 bits per heavy atom. The molecule has 0 amide bonds. The van der Waals surface area contributed by atoms with Crippen LogP contribution in [0.4, 0.5) is 26.3 Å². The summed E-state index contributed by atoms with van der Waals surface area (Å²) in [5.41, 5.74) is 0. The largest absolute Gasteiger partial charge is 0.453 e. The summed E-state index contributed by atoms with van der Waals surface area (Å²) in [5.74, 6) is -4.47. The van der Waals surface area contributed by atoms with Crippen LogP contribution in [-0.4, -0.2) is 30.9 Å². The van der Waals surface area contributed by atoms with Gasteiger partial charge in [-0.05, 0) is 13.3 Å². The molecular weight excluding hydrogens is 230 g/mol. The highest BCUT2D eigenvalue weighted by molar-refractivity contribution is 4.90. The van der Waals surface area contributed by atoms with Crippen molar-refractivity contribution in [3.8, 4) is 0 Å². The van der Waals surface area contributed by atoms with E-state index in [1.165, 1.54) is 0 Å². The van der Waals surface area contributed by atoms with Crippen LogP contribution in [-0.2, 0) is 9.47 Å². The molecule has 1 aliphatic rings. The average molecular weight is 238 g/mol. The van der Waals surface area contributed by atoms with E-state index in [4.69, 9.17) is 0 Å². The summed E-state index contributed by atoms with van der Waals surface area (Å²) >= 11 is 0. The zero-order valence-electron chi connectivity index (χ0n) is 7.58. The molecule has 0 saturated carbocycles. The van der Waals surface area contributed by atoms with E-state index in [0.717, 1.165) is 6.92 Å². The lowest BCUT2D eigenvalue weighted by atomic mass is 10.2. The van der Waals surface area contributed by atoms with Gasteiger partial charge in [0.05, 0.1) is 12.7 Å². The first kappa shape index (κ1) is 12.6. The summed E-state index contributed by atoms with van der Waals surface area (Å²) < 4.78 is 81.5. The zero-order chi connectivity index (χ0) is 11.9. The molecule has 1 saturated heterocycles. The molecule has 1 aliphatic heterocycles. The van der Waals surface area contributed by atoms with E-state index in [2.05, 4.69) is 9.47 Å². The topological polar surface area (TPSA) is 18.5 Å². The minimum atomic E-state index is -5.64. The van der Waals surface area contributed by atoms with Crippen LogP contribution >= 0.6 is 0 Å². The maximum Gasteiger partial charge on any atom is 0.453 e. The Bertz CT molecular complexity index is 219. The van der Waals surface area contributed by atoms with E-state index < -0.39 is 30.9 Å². The molecule has 0 bridgehead atoms. The van der Waals surface area contributed by atoms with Gasteiger partial charge in [0, 0.05) is 0 Å². The van der Waals surface area contributed by atoms with Gasteiger partial charge < -0.3 is 9.47 Å². The van der Waals surface area contributed by atoms with Gasteiger partial charge in [0.2, 0.25) is 0 Å². The molecule has 0 spiro atoms. The van der Waals surface area contributed by atoms with E-state index in [0.29, 0.717) is 0 Å². The summed E-state index contributed by atoms with van der Waals surface area (Å²) in [4.78, 5) is 0. The van der Waals surface area contributed by atoms with Crippen LogP contribution in [0, 0.1) is 0 Å². The standard InChI is InChI=1S/C7H8F6O2/c1-4-2-3-14-5(15-4,6(8,9)10)7(11,12)13/h4H,2-3H2,1H3. The second kappa shape index (κ2) is 3.51. The van der Waals surface area contributed by atoms with Gasteiger partial charge in [0.15, 0.2) is 0 Å². The quantitative estimate of drug-likeness (QED) is 0.604. The first-order valence-electron chi connectivity index (χ1n) is 4.05. The first-order chi connectivity index (χ1) is 6.60. The van der Waals surface area contributed by atoms with Gasteiger partial charge in [0.1, 0.15) is 0 Å². The summed E-state index contributed by atoms with van der Waals surface area (Å²) in [6.45, 7) is 0.495. The number of alkyl halides is 6. The molecule has 0 aliphatic carbocycles. The summed E-state index contributed by atoms with van der Waals surface area (Å²) in [6.07, 6.45) is -12.4. The number of hydrogen-bond acceptors (Lipinski definition) is 2. The van der Waals surface area contributed by atoms with Crippen LogP contribution in [0.3, 0.4) is 0 Å². The maximum absolute atomic E-state index is 12.3. The van der Waals surface area contributed by atoms with Crippen molar-refractivity contribution in [2.75, 3.05) is 6.61 Å². The Balaban J connectivity index is 3.07. The van der Waals surface area contributed by atoms with Crippen LogP contribution in [0.1, 0.15) is 13.3 Å².